The van der Waals surface area contributed by atoms with Crippen LogP contribution in [0, 0.1) is 0 Å². The van der Waals surface area contributed by atoms with E-state index in [1.54, 1.807) is 6.08 Å². The van der Waals surface area contributed by atoms with Crippen LogP contribution >= 0.6 is 0 Å². The van der Waals surface area contributed by atoms with Gasteiger partial charge in [0.25, 0.3) is 0 Å². The fourth-order valence-corrected chi connectivity index (χ4v) is 0.624. The fraction of sp³-hybridized carbons (Fsp3) is 0.444. The van der Waals surface area contributed by atoms with Gasteiger partial charge in [-0.25, -0.2) is 0 Å². The van der Waals surface area contributed by atoms with E-state index in [1.807, 2.05) is 6.08 Å². The van der Waals surface area contributed by atoms with Gasteiger partial charge >= 0.3 is 0 Å². The third-order valence-corrected chi connectivity index (χ3v) is 1.25. The topological polar surface area (TPSA) is 37.3 Å². The molecule has 0 radical (unpaired) electrons. The van der Waals surface area contributed by atoms with Crippen molar-refractivity contribution in [3.63, 3.8) is 0 Å². The molecule has 1 N–H and O–H groups in total. The van der Waals surface area contributed by atoms with Gasteiger partial charge in [-0.15, -0.1) is 0 Å². The largest absolute Gasteiger partial charge is 0.505 e. The maximum Gasteiger partial charge on any atom is 0.184 e. The van der Waals surface area contributed by atoms with Crippen molar-refractivity contribution in [3.05, 3.63) is 24.0 Å². The third-order valence-electron chi connectivity index (χ3n) is 1.25. The van der Waals surface area contributed by atoms with Gasteiger partial charge in [0, 0.05) is 0 Å². The molecule has 0 heterocycles. The summed E-state index contributed by atoms with van der Waals surface area (Å²) >= 11 is 0. The van der Waals surface area contributed by atoms with Gasteiger partial charge in [-0.1, -0.05) is 31.9 Å². The summed E-state index contributed by atoms with van der Waals surface area (Å²) in [6.45, 7) is 2.12. The van der Waals surface area contributed by atoms with Gasteiger partial charge in [-0.2, -0.15) is 0 Å². The Morgan fingerprint density at radius 2 is 2.27 bits per heavy atom. The number of aliphatic hydroxyl groups excluding tert-OH is 1. The van der Waals surface area contributed by atoms with E-state index < -0.39 is 0 Å². The summed E-state index contributed by atoms with van der Waals surface area (Å²) < 4.78 is 0. The smallest absolute Gasteiger partial charge is 0.184 e. The first kappa shape index (κ1) is 9.95. The number of unbranched alkanes of at least 4 members (excludes halogenated alkanes) is 2. The summed E-state index contributed by atoms with van der Waals surface area (Å²) in [7, 11) is 0. The molecule has 11 heavy (non-hydrogen) atoms. The van der Waals surface area contributed by atoms with Crippen molar-refractivity contribution in [1.82, 2.24) is 0 Å². The molecule has 0 bridgehead atoms. The van der Waals surface area contributed by atoms with Gasteiger partial charge in [0.1, 0.15) is 0 Å². The monoisotopic (exact) mass is 154 g/mol. The molecular weight excluding hydrogens is 140 g/mol. The SMILES string of the molecule is CCCCC=CC=C(O)C=O. The number of aldehydes is 1. The molecule has 0 aromatic carbocycles. The molecule has 0 aliphatic carbocycles. The summed E-state index contributed by atoms with van der Waals surface area (Å²) in [5.41, 5.74) is 0. The van der Waals surface area contributed by atoms with Crippen LogP contribution in [0.25, 0.3) is 0 Å². The maximum atomic E-state index is 9.87. The zero-order chi connectivity index (χ0) is 8.53. The van der Waals surface area contributed by atoms with Crippen LogP contribution in [0.2, 0.25) is 0 Å². The molecule has 0 aromatic heterocycles. The average molecular weight is 154 g/mol. The molecule has 0 aromatic rings. The predicted molar refractivity (Wildman–Crippen MR) is 45.4 cm³/mol. The van der Waals surface area contributed by atoms with Crippen LogP contribution < -0.4 is 0 Å². The average Bonchev–Trinajstić information content (AvgIpc) is 2.04. The number of aliphatic hydroxyl groups is 1. The molecule has 0 amide bonds. The van der Waals surface area contributed by atoms with Gasteiger partial charge in [-0.3, -0.25) is 4.79 Å². The molecule has 0 spiro atoms. The van der Waals surface area contributed by atoms with E-state index in [1.165, 1.54) is 6.08 Å². The number of carbonyl (C=O) groups is 1. The van der Waals surface area contributed by atoms with Crippen molar-refractivity contribution in [2.75, 3.05) is 0 Å². The Hall–Kier alpha value is -1.05. The lowest BCUT2D eigenvalue weighted by Crippen LogP contribution is -1.77. The first-order chi connectivity index (χ1) is 5.31. The quantitative estimate of drug-likeness (QED) is 0.217. The first-order valence-electron chi connectivity index (χ1n) is 3.82. The van der Waals surface area contributed by atoms with Gasteiger partial charge in [0.2, 0.25) is 0 Å². The summed E-state index contributed by atoms with van der Waals surface area (Å²) in [5.74, 6) is -0.224. The minimum atomic E-state index is -0.224. The normalized spacial score (nSPS) is 12.3. The van der Waals surface area contributed by atoms with Crippen LogP contribution in [0.3, 0.4) is 0 Å². The maximum absolute atomic E-state index is 9.87. The number of allylic oxidation sites excluding steroid dienone is 4. The molecule has 0 atom stereocenters. The van der Waals surface area contributed by atoms with Crippen molar-refractivity contribution in [2.24, 2.45) is 0 Å². The van der Waals surface area contributed by atoms with E-state index in [4.69, 9.17) is 5.11 Å². The zero-order valence-electron chi connectivity index (χ0n) is 6.79. The van der Waals surface area contributed by atoms with Crippen molar-refractivity contribution >= 4 is 6.29 Å². The minimum Gasteiger partial charge on any atom is -0.505 e. The van der Waals surface area contributed by atoms with Crippen LogP contribution in [-0.4, -0.2) is 11.4 Å². The van der Waals surface area contributed by atoms with Crippen molar-refractivity contribution < 1.29 is 9.90 Å². The highest BCUT2D eigenvalue weighted by atomic mass is 16.3. The van der Waals surface area contributed by atoms with E-state index in [2.05, 4.69) is 6.92 Å². The molecule has 62 valence electrons. The first-order valence-corrected chi connectivity index (χ1v) is 3.82. The van der Waals surface area contributed by atoms with Crippen LogP contribution in [0.1, 0.15) is 26.2 Å². The van der Waals surface area contributed by atoms with E-state index >= 15 is 0 Å². The Bertz CT molecular complexity index is 157. The molecule has 0 saturated carbocycles. The number of rotatable bonds is 5. The van der Waals surface area contributed by atoms with Crippen LogP contribution in [0.15, 0.2) is 24.0 Å². The van der Waals surface area contributed by atoms with E-state index in [-0.39, 0.29) is 5.76 Å². The number of hydrogen-bond donors (Lipinski definition) is 1. The lowest BCUT2D eigenvalue weighted by atomic mass is 10.2. The summed E-state index contributed by atoms with van der Waals surface area (Å²) in [6, 6.07) is 0. The minimum absolute atomic E-state index is 0.224. The standard InChI is InChI=1S/C9H14O2/c1-2-3-4-5-6-7-9(11)8-10/h5-8,11H,2-4H2,1H3. The van der Waals surface area contributed by atoms with Crippen molar-refractivity contribution in [1.29, 1.82) is 0 Å². The van der Waals surface area contributed by atoms with Gasteiger partial charge in [0.15, 0.2) is 12.0 Å². The fourth-order valence-electron chi connectivity index (χ4n) is 0.624. The van der Waals surface area contributed by atoms with Gasteiger partial charge in [0.05, 0.1) is 0 Å². The highest BCUT2D eigenvalue weighted by Gasteiger charge is 1.81. The van der Waals surface area contributed by atoms with Crippen molar-refractivity contribution in [3.8, 4) is 0 Å². The second-order valence-electron chi connectivity index (χ2n) is 2.28. The summed E-state index contributed by atoms with van der Waals surface area (Å²) in [5, 5.41) is 8.66. The van der Waals surface area contributed by atoms with E-state index in [0.29, 0.717) is 6.29 Å². The van der Waals surface area contributed by atoms with Gasteiger partial charge < -0.3 is 5.11 Å². The van der Waals surface area contributed by atoms with Gasteiger partial charge in [-0.05, 0) is 12.5 Å². The number of hydrogen-bond acceptors (Lipinski definition) is 2. The summed E-state index contributed by atoms with van der Waals surface area (Å²) in [6.07, 6.45) is 8.74. The third kappa shape index (κ3) is 6.84. The molecule has 0 unspecified atom stereocenters. The molecular formula is C9H14O2. The summed E-state index contributed by atoms with van der Waals surface area (Å²) in [4.78, 5) is 9.87. The molecule has 0 saturated heterocycles. The molecule has 0 rings (SSSR count). The predicted octanol–water partition coefficient (Wildman–Crippen LogP) is 2.37. The van der Waals surface area contributed by atoms with E-state index in [9.17, 15) is 4.79 Å². The van der Waals surface area contributed by atoms with Crippen LogP contribution in [0.4, 0.5) is 0 Å². The Kier molecular flexibility index (Phi) is 6.39. The second kappa shape index (κ2) is 7.06. The molecule has 0 aliphatic heterocycles. The second-order valence-corrected chi connectivity index (χ2v) is 2.28. The van der Waals surface area contributed by atoms with Crippen LogP contribution in [-0.2, 0) is 4.79 Å². The Balaban J connectivity index is 3.50. The highest BCUT2D eigenvalue weighted by Crippen LogP contribution is 1.95. The Labute approximate surface area is 67.2 Å². The molecule has 0 fully saturated rings. The number of carbonyl (C=O) groups excluding carboxylic acids is 1. The Morgan fingerprint density at radius 1 is 1.55 bits per heavy atom. The zero-order valence-corrected chi connectivity index (χ0v) is 6.79. The molecule has 2 heteroatoms. The Morgan fingerprint density at radius 3 is 2.82 bits per heavy atom. The van der Waals surface area contributed by atoms with Crippen LogP contribution in [0.5, 0.6) is 0 Å². The van der Waals surface area contributed by atoms with Crippen molar-refractivity contribution in [2.45, 2.75) is 26.2 Å². The lowest BCUT2D eigenvalue weighted by molar-refractivity contribution is -0.106. The molecule has 2 nitrogen and oxygen atoms in total. The van der Waals surface area contributed by atoms with E-state index in [0.717, 1.165) is 19.3 Å². The lowest BCUT2D eigenvalue weighted by Gasteiger charge is -1.86. The molecule has 0 aliphatic rings. The highest BCUT2D eigenvalue weighted by molar-refractivity contribution is 5.69.